The van der Waals surface area contributed by atoms with Crippen molar-refractivity contribution in [3.05, 3.63) is 71.4 Å². The van der Waals surface area contributed by atoms with Crippen LogP contribution < -0.4 is 15.8 Å². The molecule has 6 nitrogen and oxygen atoms in total. The molecular weight excluding hydrogens is 457 g/mol. The van der Waals surface area contributed by atoms with Gasteiger partial charge in [-0.1, -0.05) is 6.92 Å². The molecule has 0 radical (unpaired) electrons. The number of carbonyl (C=O) groups is 1. The fraction of sp³-hybridized carbons (Fsp3) is 0.346. The zero-order chi connectivity index (χ0) is 25.1. The largest absolute Gasteiger partial charge is 0.491 e. The Kier molecular flexibility index (Phi) is 7.35. The van der Waals surface area contributed by atoms with E-state index in [1.807, 2.05) is 6.07 Å². The lowest BCUT2D eigenvalue weighted by molar-refractivity contribution is 0.102. The third kappa shape index (κ3) is 5.30. The minimum Gasteiger partial charge on any atom is -0.491 e. The van der Waals surface area contributed by atoms with Crippen LogP contribution in [0, 0.1) is 23.4 Å². The van der Waals surface area contributed by atoms with E-state index < -0.39 is 34.6 Å². The minimum atomic E-state index is -1.09. The molecule has 0 saturated heterocycles. The average molecular weight is 485 g/mol. The van der Waals surface area contributed by atoms with E-state index in [2.05, 4.69) is 22.2 Å². The fourth-order valence-corrected chi connectivity index (χ4v) is 4.72. The molecular formula is C26H27F3N4O2. The Morgan fingerprint density at radius 1 is 1.11 bits per heavy atom. The molecule has 1 saturated carbocycles. The van der Waals surface area contributed by atoms with Crippen LogP contribution in [0.3, 0.4) is 0 Å². The third-order valence-electron chi connectivity index (χ3n) is 6.19. The molecule has 0 spiro atoms. The van der Waals surface area contributed by atoms with Gasteiger partial charge in [0.2, 0.25) is 0 Å². The second-order valence-corrected chi connectivity index (χ2v) is 8.88. The van der Waals surface area contributed by atoms with Crippen molar-refractivity contribution < 1.29 is 22.7 Å². The van der Waals surface area contributed by atoms with Crippen LogP contribution in [0.2, 0.25) is 0 Å². The Bertz CT molecular complexity index is 1230. The molecule has 1 aliphatic carbocycles. The second-order valence-electron chi connectivity index (χ2n) is 8.88. The summed E-state index contributed by atoms with van der Waals surface area (Å²) in [6.45, 7) is 3.92. The van der Waals surface area contributed by atoms with Crippen molar-refractivity contribution in [2.24, 2.45) is 11.7 Å². The molecule has 4 rings (SSSR count). The van der Waals surface area contributed by atoms with Crippen molar-refractivity contribution in [3.63, 3.8) is 0 Å². The molecule has 2 heterocycles. The number of pyridine rings is 2. The monoisotopic (exact) mass is 484 g/mol. The molecule has 1 amide bonds. The fourth-order valence-electron chi connectivity index (χ4n) is 4.72. The second kappa shape index (κ2) is 10.4. The number of amides is 1. The van der Waals surface area contributed by atoms with Crippen molar-refractivity contribution >= 4 is 11.6 Å². The number of rotatable bonds is 6. The van der Waals surface area contributed by atoms with Crippen LogP contribution in [0.25, 0.3) is 11.3 Å². The number of benzene rings is 1. The van der Waals surface area contributed by atoms with E-state index in [1.54, 1.807) is 13.1 Å². The van der Waals surface area contributed by atoms with Gasteiger partial charge in [-0.25, -0.2) is 18.2 Å². The minimum absolute atomic E-state index is 0.0686. The van der Waals surface area contributed by atoms with E-state index >= 15 is 0 Å². The van der Waals surface area contributed by atoms with E-state index in [9.17, 15) is 18.0 Å². The molecule has 1 aliphatic rings. The van der Waals surface area contributed by atoms with Gasteiger partial charge in [-0.05, 0) is 73.9 Å². The summed E-state index contributed by atoms with van der Waals surface area (Å²) in [5.74, 6) is -3.39. The molecule has 35 heavy (non-hydrogen) atoms. The number of halogens is 3. The van der Waals surface area contributed by atoms with Crippen LogP contribution >= 0.6 is 0 Å². The summed E-state index contributed by atoms with van der Waals surface area (Å²) < 4.78 is 49.2. The number of hydrogen-bond acceptors (Lipinski definition) is 5. The number of ether oxygens (including phenoxy) is 1. The highest BCUT2D eigenvalue weighted by atomic mass is 19.1. The van der Waals surface area contributed by atoms with Gasteiger partial charge < -0.3 is 15.8 Å². The van der Waals surface area contributed by atoms with Gasteiger partial charge in [-0.15, -0.1) is 0 Å². The first-order valence-corrected chi connectivity index (χ1v) is 11.6. The van der Waals surface area contributed by atoms with E-state index in [1.165, 1.54) is 6.20 Å². The predicted molar refractivity (Wildman–Crippen MR) is 127 cm³/mol. The number of nitrogens with zero attached hydrogens (tertiary/aromatic N) is 2. The third-order valence-corrected chi connectivity index (χ3v) is 6.19. The van der Waals surface area contributed by atoms with Crippen LogP contribution in [0.1, 0.15) is 55.1 Å². The zero-order valence-electron chi connectivity index (χ0n) is 19.5. The molecule has 3 atom stereocenters. The van der Waals surface area contributed by atoms with Crippen LogP contribution in [0.5, 0.6) is 5.75 Å². The van der Waals surface area contributed by atoms with E-state index in [0.717, 1.165) is 49.1 Å². The van der Waals surface area contributed by atoms with Gasteiger partial charge in [-0.2, -0.15) is 0 Å². The van der Waals surface area contributed by atoms with Crippen molar-refractivity contribution in [1.29, 1.82) is 0 Å². The first kappa shape index (κ1) is 24.7. The van der Waals surface area contributed by atoms with Gasteiger partial charge in [0.15, 0.2) is 11.6 Å². The number of hydrogen-bond donors (Lipinski definition) is 2. The van der Waals surface area contributed by atoms with Gasteiger partial charge in [0.1, 0.15) is 23.0 Å². The SMILES string of the molecule is CCOc1ccc(F)c(-c2nc(C(=O)Nc3cnccc3C3CC(C)CC(N)C3)ccc2F)c1F. The Labute approximate surface area is 201 Å². The van der Waals surface area contributed by atoms with Crippen LogP contribution in [-0.4, -0.2) is 28.5 Å². The average Bonchev–Trinajstić information content (AvgIpc) is 2.82. The van der Waals surface area contributed by atoms with Crippen molar-refractivity contribution in [1.82, 2.24) is 9.97 Å². The van der Waals surface area contributed by atoms with E-state index in [-0.39, 0.29) is 30.0 Å². The predicted octanol–water partition coefficient (Wildman–Crippen LogP) is 5.44. The summed E-state index contributed by atoms with van der Waals surface area (Å²) in [5.41, 5.74) is 6.09. The highest BCUT2D eigenvalue weighted by molar-refractivity contribution is 6.03. The Morgan fingerprint density at radius 3 is 2.63 bits per heavy atom. The zero-order valence-corrected chi connectivity index (χ0v) is 19.5. The van der Waals surface area contributed by atoms with Gasteiger partial charge in [0.05, 0.1) is 24.1 Å². The summed E-state index contributed by atoms with van der Waals surface area (Å²) >= 11 is 0. The van der Waals surface area contributed by atoms with Gasteiger partial charge in [0, 0.05) is 12.2 Å². The van der Waals surface area contributed by atoms with Crippen LogP contribution in [0.15, 0.2) is 42.7 Å². The normalized spacial score (nSPS) is 19.9. The molecule has 1 fully saturated rings. The van der Waals surface area contributed by atoms with Crippen molar-refractivity contribution in [3.8, 4) is 17.0 Å². The molecule has 0 aliphatic heterocycles. The maximum Gasteiger partial charge on any atom is 0.274 e. The highest BCUT2D eigenvalue weighted by Crippen LogP contribution is 2.38. The molecule has 184 valence electrons. The van der Waals surface area contributed by atoms with Crippen molar-refractivity contribution in [2.45, 2.75) is 45.1 Å². The van der Waals surface area contributed by atoms with Crippen LogP contribution in [-0.2, 0) is 0 Å². The first-order valence-electron chi connectivity index (χ1n) is 11.6. The molecule has 2 aromatic heterocycles. The standard InChI is InChI=1S/C26H27F3N4O2/c1-3-35-22-7-5-18(27)23(24(22)29)25-19(28)4-6-20(32-25)26(34)33-21-13-31-9-8-17(21)15-10-14(2)11-16(30)12-15/h4-9,13-16H,3,10-12,30H2,1-2H3,(H,33,34). The lowest BCUT2D eigenvalue weighted by Crippen LogP contribution is -2.31. The highest BCUT2D eigenvalue weighted by Gasteiger charge is 2.28. The molecule has 3 N–H and O–H groups in total. The summed E-state index contributed by atoms with van der Waals surface area (Å²) in [4.78, 5) is 21.1. The maximum atomic E-state index is 14.9. The van der Waals surface area contributed by atoms with Gasteiger partial charge in [-0.3, -0.25) is 9.78 Å². The maximum absolute atomic E-state index is 14.9. The molecule has 0 bridgehead atoms. The summed E-state index contributed by atoms with van der Waals surface area (Å²) in [6, 6.07) is 6.11. The number of carbonyl (C=O) groups excluding carboxylic acids is 1. The topological polar surface area (TPSA) is 90.1 Å². The van der Waals surface area contributed by atoms with E-state index in [0.29, 0.717) is 11.6 Å². The smallest absolute Gasteiger partial charge is 0.274 e. The summed E-state index contributed by atoms with van der Waals surface area (Å²) in [6.07, 6.45) is 5.84. The molecule has 3 unspecified atom stereocenters. The Hall–Kier alpha value is -3.46. The summed E-state index contributed by atoms with van der Waals surface area (Å²) in [5, 5.41) is 2.77. The Balaban J connectivity index is 1.65. The van der Waals surface area contributed by atoms with Gasteiger partial charge >= 0.3 is 0 Å². The molecule has 9 heteroatoms. The first-order chi connectivity index (χ1) is 16.8. The Morgan fingerprint density at radius 2 is 1.89 bits per heavy atom. The lowest BCUT2D eigenvalue weighted by atomic mass is 9.76. The van der Waals surface area contributed by atoms with Gasteiger partial charge in [0.25, 0.3) is 5.91 Å². The summed E-state index contributed by atoms with van der Waals surface area (Å²) in [7, 11) is 0. The number of nitrogens with one attached hydrogen (secondary N) is 1. The van der Waals surface area contributed by atoms with E-state index in [4.69, 9.17) is 10.5 Å². The number of anilines is 1. The van der Waals surface area contributed by atoms with Crippen molar-refractivity contribution in [2.75, 3.05) is 11.9 Å². The quantitative estimate of drug-likeness (QED) is 0.486. The number of nitrogens with two attached hydrogens (primary N) is 1. The molecule has 1 aromatic carbocycles. The molecule has 3 aromatic rings. The number of aromatic nitrogens is 2. The van der Waals surface area contributed by atoms with Crippen LogP contribution in [0.4, 0.5) is 18.9 Å². The lowest BCUT2D eigenvalue weighted by Gasteiger charge is -2.32.